The standard InChI is InChI=1S/C21H23N5O.C3H8.C2H6/c1-5-8-22-17(6-2)18-7-9-23-21(26-18)24-16-10-13(3)20-15(11-16)12-19(25-20)14(4)27;1-3-2;1-2/h6-12,25H,5H2,1-4H3,(H,23,24,26);3H2,1-2H3;1-2H3/b17-6-,22-8?;;. The van der Waals surface area contributed by atoms with E-state index in [9.17, 15) is 4.79 Å². The van der Waals surface area contributed by atoms with Gasteiger partial charge in [0.15, 0.2) is 5.78 Å². The summed E-state index contributed by atoms with van der Waals surface area (Å²) in [7, 11) is 0. The zero-order valence-corrected chi connectivity index (χ0v) is 20.7. The first-order valence-corrected chi connectivity index (χ1v) is 11.4. The van der Waals surface area contributed by atoms with Crippen molar-refractivity contribution in [3.8, 4) is 0 Å². The molecule has 6 nitrogen and oxygen atoms in total. The summed E-state index contributed by atoms with van der Waals surface area (Å²) in [5.41, 5.74) is 5.05. The lowest BCUT2D eigenvalue weighted by Gasteiger charge is -2.08. The molecule has 3 aromatic rings. The number of H-pyrrole nitrogens is 1. The van der Waals surface area contributed by atoms with E-state index in [-0.39, 0.29) is 5.78 Å². The number of Topliss-reactive ketones (excluding diaryl/α,β-unsaturated/α-hetero) is 1. The maximum absolute atomic E-state index is 11.6. The Hall–Kier alpha value is -3.28. The lowest BCUT2D eigenvalue weighted by Crippen LogP contribution is -1.99. The number of aliphatic imine (C=N–C) groups is 1. The number of allylic oxidation sites excluding steroid dienone is 1. The predicted octanol–water partition coefficient (Wildman–Crippen LogP) is 7.50. The highest BCUT2D eigenvalue weighted by Crippen LogP contribution is 2.26. The molecule has 1 aromatic carbocycles. The highest BCUT2D eigenvalue weighted by Gasteiger charge is 2.10. The van der Waals surface area contributed by atoms with Crippen molar-refractivity contribution in [1.82, 2.24) is 15.0 Å². The number of aromatic amines is 1. The van der Waals surface area contributed by atoms with Crippen LogP contribution in [0.4, 0.5) is 11.6 Å². The second kappa shape index (κ2) is 13.9. The first kappa shape index (κ1) is 26.8. The molecule has 0 aliphatic heterocycles. The number of aryl methyl sites for hydroxylation is 1. The topological polar surface area (TPSA) is 83.0 Å². The average molecular weight is 436 g/mol. The number of nitrogens with one attached hydrogen (secondary N) is 2. The van der Waals surface area contributed by atoms with Gasteiger partial charge in [-0.1, -0.05) is 47.1 Å². The van der Waals surface area contributed by atoms with Gasteiger partial charge in [-0.15, -0.1) is 0 Å². The van der Waals surface area contributed by atoms with Crippen LogP contribution in [0.5, 0.6) is 0 Å². The lowest BCUT2D eigenvalue weighted by molar-refractivity contribution is 0.101. The van der Waals surface area contributed by atoms with E-state index < -0.39 is 0 Å². The van der Waals surface area contributed by atoms with Gasteiger partial charge in [-0.3, -0.25) is 9.79 Å². The molecule has 0 amide bonds. The first-order chi connectivity index (χ1) is 15.4. The second-order valence-corrected chi connectivity index (χ2v) is 6.99. The number of benzene rings is 1. The second-order valence-electron chi connectivity index (χ2n) is 6.99. The molecule has 0 fully saturated rings. The normalized spacial score (nSPS) is 10.9. The molecule has 0 saturated heterocycles. The summed E-state index contributed by atoms with van der Waals surface area (Å²) in [5, 5.41) is 4.22. The summed E-state index contributed by atoms with van der Waals surface area (Å²) < 4.78 is 0. The summed E-state index contributed by atoms with van der Waals surface area (Å²) in [6.45, 7) is 15.8. The van der Waals surface area contributed by atoms with Crippen molar-refractivity contribution in [1.29, 1.82) is 0 Å². The molecule has 0 unspecified atom stereocenters. The van der Waals surface area contributed by atoms with Crippen LogP contribution in [-0.4, -0.2) is 26.9 Å². The largest absolute Gasteiger partial charge is 0.352 e. The zero-order chi connectivity index (χ0) is 24.1. The van der Waals surface area contributed by atoms with E-state index in [4.69, 9.17) is 0 Å². The number of ketones is 1. The molecule has 0 radical (unpaired) electrons. The van der Waals surface area contributed by atoms with Crippen LogP contribution in [0, 0.1) is 6.92 Å². The van der Waals surface area contributed by atoms with E-state index >= 15 is 0 Å². The molecule has 0 aliphatic carbocycles. The lowest BCUT2D eigenvalue weighted by atomic mass is 10.1. The third-order valence-corrected chi connectivity index (χ3v) is 4.17. The van der Waals surface area contributed by atoms with E-state index in [0.717, 1.165) is 40.0 Å². The molecular formula is C26H37N5O. The fourth-order valence-electron chi connectivity index (χ4n) is 2.86. The quantitative estimate of drug-likeness (QED) is 0.310. The van der Waals surface area contributed by atoms with Crippen LogP contribution in [0.15, 0.2) is 41.5 Å². The molecule has 2 N–H and O–H groups in total. The van der Waals surface area contributed by atoms with Crippen molar-refractivity contribution in [3.05, 3.63) is 53.5 Å². The van der Waals surface area contributed by atoms with Crippen LogP contribution < -0.4 is 5.32 Å². The summed E-state index contributed by atoms with van der Waals surface area (Å²) in [6.07, 6.45) is 7.62. The van der Waals surface area contributed by atoms with Crippen molar-refractivity contribution < 1.29 is 4.79 Å². The Labute approximate surface area is 192 Å². The van der Waals surface area contributed by atoms with Crippen LogP contribution in [-0.2, 0) is 0 Å². The van der Waals surface area contributed by atoms with Crippen LogP contribution in [0.2, 0.25) is 0 Å². The highest BCUT2D eigenvalue weighted by molar-refractivity contribution is 5.99. The van der Waals surface area contributed by atoms with E-state index in [1.807, 2.05) is 71.2 Å². The fraction of sp³-hybridized carbons (Fsp3) is 0.385. The zero-order valence-electron chi connectivity index (χ0n) is 20.7. The smallest absolute Gasteiger partial charge is 0.227 e. The number of anilines is 2. The average Bonchev–Trinajstić information content (AvgIpc) is 3.22. The first-order valence-electron chi connectivity index (χ1n) is 11.4. The molecule has 3 rings (SSSR count). The van der Waals surface area contributed by atoms with E-state index in [2.05, 4.69) is 39.1 Å². The van der Waals surface area contributed by atoms with E-state index in [1.165, 1.54) is 6.42 Å². The number of carbonyl (C=O) groups excluding carboxylic acids is 1. The van der Waals surface area contributed by atoms with Gasteiger partial charge in [-0.25, -0.2) is 9.97 Å². The summed E-state index contributed by atoms with van der Waals surface area (Å²) in [4.78, 5) is 28.1. The van der Waals surface area contributed by atoms with Crippen molar-refractivity contribution in [3.63, 3.8) is 0 Å². The van der Waals surface area contributed by atoms with E-state index in [1.54, 1.807) is 13.1 Å². The van der Waals surface area contributed by atoms with Gasteiger partial charge in [0.05, 0.1) is 17.1 Å². The van der Waals surface area contributed by atoms with Crippen molar-refractivity contribution in [2.24, 2.45) is 4.99 Å². The monoisotopic (exact) mass is 435 g/mol. The van der Waals surface area contributed by atoms with Crippen molar-refractivity contribution in [2.45, 2.75) is 68.2 Å². The van der Waals surface area contributed by atoms with Gasteiger partial charge in [0.1, 0.15) is 0 Å². The van der Waals surface area contributed by atoms with Crippen LogP contribution in [0.1, 0.15) is 83.1 Å². The van der Waals surface area contributed by atoms with Gasteiger partial charge in [0.25, 0.3) is 0 Å². The Morgan fingerprint density at radius 1 is 1.19 bits per heavy atom. The third-order valence-electron chi connectivity index (χ3n) is 4.17. The Kier molecular flexibility index (Phi) is 11.6. The van der Waals surface area contributed by atoms with Crippen LogP contribution in [0.3, 0.4) is 0 Å². The minimum absolute atomic E-state index is 0.0164. The summed E-state index contributed by atoms with van der Waals surface area (Å²) in [5.74, 6) is 0.516. The SMILES string of the molecule is C/C=C(\N=CCC)c1ccnc(Nc2cc(C)c3[nH]c(C(C)=O)cc3c2)n1.CC.CCC. The van der Waals surface area contributed by atoms with Gasteiger partial charge in [0, 0.05) is 35.9 Å². The molecule has 32 heavy (non-hydrogen) atoms. The van der Waals surface area contributed by atoms with Crippen molar-refractivity contribution >= 4 is 40.2 Å². The fourth-order valence-corrected chi connectivity index (χ4v) is 2.86. The molecule has 0 saturated carbocycles. The molecular weight excluding hydrogens is 398 g/mol. The van der Waals surface area contributed by atoms with Crippen LogP contribution in [0.25, 0.3) is 16.6 Å². The Morgan fingerprint density at radius 3 is 2.47 bits per heavy atom. The maximum Gasteiger partial charge on any atom is 0.227 e. The molecule has 6 heteroatoms. The maximum atomic E-state index is 11.6. The molecule has 0 aliphatic rings. The number of aromatic nitrogens is 3. The summed E-state index contributed by atoms with van der Waals surface area (Å²) >= 11 is 0. The minimum Gasteiger partial charge on any atom is -0.352 e. The number of nitrogens with zero attached hydrogens (tertiary/aromatic N) is 3. The van der Waals surface area contributed by atoms with Crippen LogP contribution >= 0.6 is 0 Å². The summed E-state index contributed by atoms with van der Waals surface area (Å²) in [6, 6.07) is 7.69. The van der Waals surface area contributed by atoms with Crippen molar-refractivity contribution in [2.75, 3.05) is 5.32 Å². The van der Waals surface area contributed by atoms with Gasteiger partial charge in [-0.2, -0.15) is 0 Å². The van der Waals surface area contributed by atoms with E-state index in [0.29, 0.717) is 11.6 Å². The molecule has 0 atom stereocenters. The molecule has 2 heterocycles. The molecule has 0 bridgehead atoms. The molecule has 2 aromatic heterocycles. The molecule has 0 spiro atoms. The third kappa shape index (κ3) is 7.45. The minimum atomic E-state index is 0.0164. The Bertz CT molecular complexity index is 1060. The molecule has 172 valence electrons. The number of hydrogen-bond donors (Lipinski definition) is 2. The predicted molar refractivity (Wildman–Crippen MR) is 138 cm³/mol. The number of rotatable bonds is 6. The number of fused-ring (bicyclic) bond motifs is 1. The highest BCUT2D eigenvalue weighted by atomic mass is 16.1. The van der Waals surface area contributed by atoms with Gasteiger partial charge in [-0.05, 0) is 50.1 Å². The van der Waals surface area contributed by atoms with Gasteiger partial charge >= 0.3 is 0 Å². The number of hydrogen-bond acceptors (Lipinski definition) is 5. The number of carbonyl (C=O) groups is 1. The Balaban J connectivity index is 0.000000944. The van der Waals surface area contributed by atoms with Gasteiger partial charge in [0.2, 0.25) is 5.95 Å². The van der Waals surface area contributed by atoms with Gasteiger partial charge < -0.3 is 10.3 Å². The Morgan fingerprint density at radius 2 is 1.88 bits per heavy atom.